The van der Waals surface area contributed by atoms with Gasteiger partial charge in [0, 0.05) is 18.3 Å². The highest BCUT2D eigenvalue weighted by atomic mass is 16.4. The van der Waals surface area contributed by atoms with Crippen molar-refractivity contribution in [1.29, 1.82) is 0 Å². The highest BCUT2D eigenvalue weighted by Gasteiger charge is 2.55. The van der Waals surface area contributed by atoms with E-state index in [1.165, 1.54) is 6.20 Å². The number of nitrogens with one attached hydrogen (secondary N) is 1. The van der Waals surface area contributed by atoms with E-state index in [2.05, 4.69) is 10.3 Å². The van der Waals surface area contributed by atoms with Crippen LogP contribution in [0.5, 0.6) is 0 Å². The van der Waals surface area contributed by atoms with Gasteiger partial charge >= 0.3 is 6.09 Å². The van der Waals surface area contributed by atoms with Crippen molar-refractivity contribution in [3.63, 3.8) is 0 Å². The minimum Gasteiger partial charge on any atom is -0.464 e. The monoisotopic (exact) mass is 233 g/mol. The molecule has 2 amide bonds. The number of nitrogens with zero attached hydrogens (tertiary/aromatic N) is 2. The molecule has 0 aliphatic carbocycles. The van der Waals surface area contributed by atoms with Crippen LogP contribution in [0.25, 0.3) is 0 Å². The number of hydrogen-bond acceptors (Lipinski definition) is 4. The van der Waals surface area contributed by atoms with Crippen molar-refractivity contribution in [2.75, 3.05) is 18.0 Å². The van der Waals surface area contributed by atoms with Crippen LogP contribution in [0.15, 0.2) is 18.3 Å². The number of anilines is 1. The average molecular weight is 233 g/mol. The van der Waals surface area contributed by atoms with E-state index >= 15 is 0 Å². The lowest BCUT2D eigenvalue weighted by Crippen LogP contribution is -2.44. The summed E-state index contributed by atoms with van der Waals surface area (Å²) in [6.07, 6.45) is 0.858. The number of amides is 2. The molecular formula is C11H11N3O3. The Kier molecular flexibility index (Phi) is 1.97. The average Bonchev–Trinajstić information content (AvgIpc) is 2.87. The summed E-state index contributed by atoms with van der Waals surface area (Å²) >= 11 is 0. The lowest BCUT2D eigenvalue weighted by molar-refractivity contribution is -0.122. The molecule has 0 radical (unpaired) electrons. The van der Waals surface area contributed by atoms with Gasteiger partial charge < -0.3 is 10.4 Å². The first-order valence-electron chi connectivity index (χ1n) is 5.40. The van der Waals surface area contributed by atoms with Crippen LogP contribution in [0.3, 0.4) is 0 Å². The van der Waals surface area contributed by atoms with Crippen molar-refractivity contribution in [3.8, 4) is 0 Å². The summed E-state index contributed by atoms with van der Waals surface area (Å²) in [6.45, 7) is 1.20. The van der Waals surface area contributed by atoms with Gasteiger partial charge in [-0.05, 0) is 19.0 Å². The summed E-state index contributed by atoms with van der Waals surface area (Å²) in [4.78, 5) is 28.2. The van der Waals surface area contributed by atoms with Gasteiger partial charge in [0.05, 0.1) is 5.41 Å². The second-order valence-electron chi connectivity index (χ2n) is 4.31. The van der Waals surface area contributed by atoms with Gasteiger partial charge in [0.15, 0.2) is 0 Å². The number of hydrogen-bond donors (Lipinski definition) is 2. The summed E-state index contributed by atoms with van der Waals surface area (Å²) in [6, 6.07) is 3.52. The molecule has 1 fully saturated rings. The largest absolute Gasteiger partial charge is 0.464 e. The summed E-state index contributed by atoms with van der Waals surface area (Å²) < 4.78 is 0. The molecule has 0 saturated carbocycles. The van der Waals surface area contributed by atoms with E-state index in [0.29, 0.717) is 19.5 Å². The number of carbonyl (C=O) groups is 2. The molecule has 0 bridgehead atoms. The summed E-state index contributed by atoms with van der Waals surface area (Å²) in [7, 11) is 0. The minimum absolute atomic E-state index is 0.258. The predicted molar refractivity (Wildman–Crippen MR) is 58.9 cm³/mol. The van der Waals surface area contributed by atoms with Gasteiger partial charge in [0.1, 0.15) is 5.82 Å². The number of fused-ring (bicyclic) bond motifs is 2. The fraction of sp³-hybridized carbons (Fsp3) is 0.364. The first-order chi connectivity index (χ1) is 8.17. The molecule has 6 heteroatoms. The van der Waals surface area contributed by atoms with Crippen molar-refractivity contribution in [2.45, 2.75) is 11.8 Å². The molecule has 2 N–H and O–H groups in total. The fourth-order valence-corrected chi connectivity index (χ4v) is 2.66. The zero-order valence-electron chi connectivity index (χ0n) is 9.01. The zero-order chi connectivity index (χ0) is 12.0. The molecule has 1 unspecified atom stereocenters. The molecule has 1 saturated heterocycles. The normalized spacial score (nSPS) is 26.6. The molecule has 2 aliphatic heterocycles. The standard InChI is InChI=1S/C11H11N3O3/c15-9-11(3-5-12-6-11)7-2-1-4-13-8(7)14(9)10(16)17/h1-2,4,12H,3,5-6H2,(H,16,17). The first kappa shape index (κ1) is 10.2. The summed E-state index contributed by atoms with van der Waals surface area (Å²) in [5.41, 5.74) is -0.0143. The first-order valence-corrected chi connectivity index (χ1v) is 5.40. The Hall–Kier alpha value is -1.95. The van der Waals surface area contributed by atoms with E-state index in [0.717, 1.165) is 10.5 Å². The predicted octanol–water partition coefficient (Wildman–Crippen LogP) is 0.337. The Labute approximate surface area is 97.3 Å². The van der Waals surface area contributed by atoms with Crippen LogP contribution in [0.4, 0.5) is 10.6 Å². The fourth-order valence-electron chi connectivity index (χ4n) is 2.66. The van der Waals surface area contributed by atoms with Crippen LogP contribution >= 0.6 is 0 Å². The second-order valence-corrected chi connectivity index (χ2v) is 4.31. The van der Waals surface area contributed by atoms with Gasteiger partial charge in [-0.25, -0.2) is 9.78 Å². The smallest absolute Gasteiger partial charge is 0.420 e. The van der Waals surface area contributed by atoms with E-state index in [-0.39, 0.29) is 11.7 Å². The second kappa shape index (κ2) is 3.27. The molecule has 1 spiro atoms. The van der Waals surface area contributed by atoms with Crippen molar-refractivity contribution < 1.29 is 14.7 Å². The Morgan fingerprint density at radius 3 is 3.06 bits per heavy atom. The quantitative estimate of drug-likeness (QED) is 0.675. The van der Waals surface area contributed by atoms with Crippen molar-refractivity contribution in [3.05, 3.63) is 23.9 Å². The molecule has 88 valence electrons. The third-order valence-corrected chi connectivity index (χ3v) is 3.47. The topological polar surface area (TPSA) is 82.5 Å². The highest BCUT2D eigenvalue weighted by molar-refractivity contribution is 6.20. The number of imide groups is 1. The SMILES string of the molecule is O=C(O)N1C(=O)C2(CCNC2)c2cccnc21. The van der Waals surface area contributed by atoms with E-state index in [1.54, 1.807) is 12.1 Å². The molecule has 1 atom stereocenters. The number of rotatable bonds is 0. The molecule has 3 heterocycles. The molecule has 2 aliphatic rings. The van der Waals surface area contributed by atoms with Gasteiger partial charge in [0.2, 0.25) is 5.91 Å². The van der Waals surface area contributed by atoms with Crippen LogP contribution in [0.1, 0.15) is 12.0 Å². The summed E-state index contributed by atoms with van der Waals surface area (Å²) in [5, 5.41) is 12.2. The number of carbonyl (C=O) groups excluding carboxylic acids is 1. The van der Waals surface area contributed by atoms with Crippen molar-refractivity contribution in [2.24, 2.45) is 0 Å². The van der Waals surface area contributed by atoms with Crippen LogP contribution in [-0.4, -0.2) is 35.2 Å². The number of aromatic nitrogens is 1. The zero-order valence-corrected chi connectivity index (χ0v) is 9.01. The van der Waals surface area contributed by atoms with E-state index < -0.39 is 11.5 Å². The molecule has 17 heavy (non-hydrogen) atoms. The van der Waals surface area contributed by atoms with Crippen LogP contribution < -0.4 is 10.2 Å². The molecule has 6 nitrogen and oxygen atoms in total. The van der Waals surface area contributed by atoms with E-state index in [9.17, 15) is 9.59 Å². The molecule has 1 aromatic heterocycles. The van der Waals surface area contributed by atoms with Crippen LogP contribution in [0, 0.1) is 0 Å². The van der Waals surface area contributed by atoms with Crippen molar-refractivity contribution in [1.82, 2.24) is 10.3 Å². The maximum atomic E-state index is 12.3. The van der Waals surface area contributed by atoms with Gasteiger partial charge in [-0.1, -0.05) is 6.07 Å². The lowest BCUT2D eigenvalue weighted by Gasteiger charge is -2.20. The van der Waals surface area contributed by atoms with E-state index in [4.69, 9.17) is 5.11 Å². The van der Waals surface area contributed by atoms with Crippen LogP contribution in [0.2, 0.25) is 0 Å². The van der Waals surface area contributed by atoms with Gasteiger partial charge in [-0.2, -0.15) is 4.90 Å². The maximum absolute atomic E-state index is 12.3. The van der Waals surface area contributed by atoms with Crippen molar-refractivity contribution >= 4 is 17.8 Å². The Bertz CT molecular complexity index is 508. The third kappa shape index (κ3) is 1.15. The third-order valence-electron chi connectivity index (χ3n) is 3.47. The Morgan fingerprint density at radius 1 is 1.59 bits per heavy atom. The number of carboxylic acid groups (broad SMARTS) is 1. The minimum atomic E-state index is -1.27. The van der Waals surface area contributed by atoms with Gasteiger partial charge in [-0.3, -0.25) is 4.79 Å². The number of pyridine rings is 1. The van der Waals surface area contributed by atoms with Gasteiger partial charge in [0.25, 0.3) is 0 Å². The molecule has 3 rings (SSSR count). The Morgan fingerprint density at radius 2 is 2.41 bits per heavy atom. The Balaban J connectivity index is 2.22. The van der Waals surface area contributed by atoms with Gasteiger partial charge in [-0.15, -0.1) is 0 Å². The lowest BCUT2D eigenvalue weighted by atomic mass is 9.82. The highest BCUT2D eigenvalue weighted by Crippen LogP contribution is 2.43. The van der Waals surface area contributed by atoms with E-state index in [1.807, 2.05) is 0 Å². The van der Waals surface area contributed by atoms with Crippen LogP contribution in [-0.2, 0) is 10.2 Å². The molecule has 1 aromatic rings. The summed E-state index contributed by atoms with van der Waals surface area (Å²) in [5.74, 6) is -0.127. The molecule has 0 aromatic carbocycles. The maximum Gasteiger partial charge on any atom is 0.420 e. The molecular weight excluding hydrogens is 222 g/mol.